The summed E-state index contributed by atoms with van der Waals surface area (Å²) in [4.78, 5) is 0. The predicted octanol–water partition coefficient (Wildman–Crippen LogP) is 3.39. The van der Waals surface area contributed by atoms with Gasteiger partial charge in [0.05, 0.1) is 0 Å². The SMILES string of the molecule is C=C(C)c1ccccc1/C(=C/C)NC.C=CN. The average molecular weight is 230 g/mol. The molecule has 0 heterocycles. The predicted molar refractivity (Wildman–Crippen MR) is 78.2 cm³/mol. The van der Waals surface area contributed by atoms with Crippen LogP contribution in [0.5, 0.6) is 0 Å². The van der Waals surface area contributed by atoms with Crippen LogP contribution in [0.15, 0.2) is 49.7 Å². The summed E-state index contributed by atoms with van der Waals surface area (Å²) < 4.78 is 0. The van der Waals surface area contributed by atoms with Crippen molar-refractivity contribution >= 4 is 11.3 Å². The standard InChI is InChI=1S/C13H17N.C2H5N/c1-5-13(14-4)12-9-7-6-8-11(12)10(2)3;1-2-3/h5-9,14H,2H2,1,3-4H3;2H,1,3H2/b13-5-;. The molecule has 2 heteroatoms. The van der Waals surface area contributed by atoms with Crippen molar-refractivity contribution in [2.75, 3.05) is 7.05 Å². The van der Waals surface area contributed by atoms with Gasteiger partial charge in [0, 0.05) is 18.3 Å². The van der Waals surface area contributed by atoms with E-state index in [0.29, 0.717) is 0 Å². The second-order valence-corrected chi connectivity index (χ2v) is 3.51. The lowest BCUT2D eigenvalue weighted by atomic mass is 9.99. The molecule has 3 N–H and O–H groups in total. The molecule has 0 atom stereocenters. The lowest BCUT2D eigenvalue weighted by Crippen LogP contribution is -2.06. The lowest BCUT2D eigenvalue weighted by molar-refractivity contribution is 1.12. The van der Waals surface area contributed by atoms with Gasteiger partial charge in [0.25, 0.3) is 0 Å². The molecule has 0 saturated carbocycles. The molecule has 0 aromatic heterocycles. The molecule has 0 unspecified atom stereocenters. The Morgan fingerprint density at radius 1 is 1.29 bits per heavy atom. The molecule has 0 amide bonds. The fraction of sp³-hybridized carbons (Fsp3) is 0.200. The zero-order valence-corrected chi connectivity index (χ0v) is 11.0. The van der Waals surface area contributed by atoms with E-state index in [1.165, 1.54) is 17.3 Å². The summed E-state index contributed by atoms with van der Waals surface area (Å²) in [6, 6.07) is 8.29. The monoisotopic (exact) mass is 230 g/mol. The molecule has 0 aliphatic rings. The number of nitrogens with two attached hydrogens (primary N) is 1. The molecule has 92 valence electrons. The number of nitrogens with one attached hydrogen (secondary N) is 1. The van der Waals surface area contributed by atoms with Crippen molar-refractivity contribution in [3.63, 3.8) is 0 Å². The molecule has 1 aromatic rings. The van der Waals surface area contributed by atoms with Crippen molar-refractivity contribution < 1.29 is 0 Å². The molecule has 0 fully saturated rings. The van der Waals surface area contributed by atoms with E-state index in [4.69, 9.17) is 0 Å². The van der Waals surface area contributed by atoms with Gasteiger partial charge in [-0.1, -0.05) is 49.1 Å². The Balaban J connectivity index is 0.000000770. The van der Waals surface area contributed by atoms with Crippen LogP contribution < -0.4 is 11.1 Å². The fourth-order valence-corrected chi connectivity index (χ4v) is 1.52. The van der Waals surface area contributed by atoms with Crippen LogP contribution in [0, 0.1) is 0 Å². The number of hydrogen-bond donors (Lipinski definition) is 2. The van der Waals surface area contributed by atoms with Gasteiger partial charge < -0.3 is 11.1 Å². The summed E-state index contributed by atoms with van der Waals surface area (Å²) in [7, 11) is 1.94. The van der Waals surface area contributed by atoms with Crippen molar-refractivity contribution in [1.82, 2.24) is 5.32 Å². The van der Waals surface area contributed by atoms with Crippen LogP contribution in [0.2, 0.25) is 0 Å². The van der Waals surface area contributed by atoms with Gasteiger partial charge in [0.2, 0.25) is 0 Å². The fourth-order valence-electron chi connectivity index (χ4n) is 1.52. The molecular weight excluding hydrogens is 208 g/mol. The van der Waals surface area contributed by atoms with Crippen LogP contribution in [0.4, 0.5) is 0 Å². The third-order valence-corrected chi connectivity index (χ3v) is 2.24. The van der Waals surface area contributed by atoms with E-state index in [0.717, 1.165) is 11.3 Å². The molecule has 0 radical (unpaired) electrons. The molecule has 0 saturated heterocycles. The average Bonchev–Trinajstić information content (AvgIpc) is 2.32. The first kappa shape index (κ1) is 15.0. The van der Waals surface area contributed by atoms with Gasteiger partial charge in [-0.3, -0.25) is 0 Å². The zero-order valence-electron chi connectivity index (χ0n) is 11.0. The van der Waals surface area contributed by atoms with E-state index in [9.17, 15) is 0 Å². The summed E-state index contributed by atoms with van der Waals surface area (Å²) in [5.41, 5.74) is 9.26. The summed E-state index contributed by atoms with van der Waals surface area (Å²) in [5, 5.41) is 3.18. The van der Waals surface area contributed by atoms with Crippen LogP contribution in [0.3, 0.4) is 0 Å². The van der Waals surface area contributed by atoms with Crippen molar-refractivity contribution in [2.45, 2.75) is 13.8 Å². The maximum atomic E-state index is 4.61. The Morgan fingerprint density at radius 2 is 1.76 bits per heavy atom. The summed E-state index contributed by atoms with van der Waals surface area (Å²) in [6.07, 6.45) is 3.32. The first-order valence-corrected chi connectivity index (χ1v) is 5.54. The first-order chi connectivity index (χ1) is 8.12. The molecule has 2 nitrogen and oxygen atoms in total. The smallest absolute Gasteiger partial charge is 0.0374 e. The van der Waals surface area contributed by atoms with E-state index in [-0.39, 0.29) is 0 Å². The highest BCUT2D eigenvalue weighted by molar-refractivity contribution is 5.77. The topological polar surface area (TPSA) is 38.0 Å². The molecule has 0 aliphatic heterocycles. The van der Waals surface area contributed by atoms with Gasteiger partial charge in [-0.05, 0) is 25.6 Å². The highest BCUT2D eigenvalue weighted by Gasteiger charge is 2.04. The largest absolute Gasteiger partial charge is 0.405 e. The molecule has 1 aromatic carbocycles. The van der Waals surface area contributed by atoms with Crippen LogP contribution in [-0.2, 0) is 0 Å². The van der Waals surface area contributed by atoms with Crippen LogP contribution in [-0.4, -0.2) is 7.05 Å². The van der Waals surface area contributed by atoms with Crippen molar-refractivity contribution in [1.29, 1.82) is 0 Å². The molecule has 0 bridgehead atoms. The number of benzene rings is 1. The Morgan fingerprint density at radius 3 is 2.12 bits per heavy atom. The van der Waals surface area contributed by atoms with Gasteiger partial charge in [0.1, 0.15) is 0 Å². The molecule has 17 heavy (non-hydrogen) atoms. The van der Waals surface area contributed by atoms with Crippen LogP contribution >= 0.6 is 0 Å². The first-order valence-electron chi connectivity index (χ1n) is 5.54. The van der Waals surface area contributed by atoms with E-state index in [1.807, 2.05) is 33.0 Å². The van der Waals surface area contributed by atoms with Gasteiger partial charge in [-0.25, -0.2) is 0 Å². The van der Waals surface area contributed by atoms with Gasteiger partial charge >= 0.3 is 0 Å². The summed E-state index contributed by atoms with van der Waals surface area (Å²) >= 11 is 0. The quantitative estimate of drug-likeness (QED) is 0.835. The minimum atomic E-state index is 1.09. The highest BCUT2D eigenvalue weighted by atomic mass is 14.8. The van der Waals surface area contributed by atoms with Gasteiger partial charge in [0.15, 0.2) is 0 Å². The molecule has 1 rings (SSSR count). The van der Waals surface area contributed by atoms with Gasteiger partial charge in [-0.15, -0.1) is 0 Å². The second-order valence-electron chi connectivity index (χ2n) is 3.51. The Bertz CT molecular complexity index is 403. The number of rotatable bonds is 3. The minimum Gasteiger partial charge on any atom is -0.405 e. The molecule has 0 aliphatic carbocycles. The lowest BCUT2D eigenvalue weighted by Gasteiger charge is -2.12. The zero-order chi connectivity index (χ0) is 13.3. The van der Waals surface area contributed by atoms with E-state index >= 15 is 0 Å². The Hall–Kier alpha value is -1.96. The van der Waals surface area contributed by atoms with E-state index in [1.54, 1.807) is 0 Å². The van der Waals surface area contributed by atoms with Crippen molar-refractivity contribution in [3.8, 4) is 0 Å². The van der Waals surface area contributed by atoms with Crippen LogP contribution in [0.25, 0.3) is 11.3 Å². The summed E-state index contributed by atoms with van der Waals surface area (Å²) in [5.74, 6) is 0. The molecule has 0 spiro atoms. The van der Waals surface area contributed by atoms with Crippen molar-refractivity contribution in [3.05, 3.63) is 60.8 Å². The second kappa shape index (κ2) is 8.22. The van der Waals surface area contributed by atoms with E-state index < -0.39 is 0 Å². The number of allylic oxidation sites excluding steroid dienone is 2. The van der Waals surface area contributed by atoms with E-state index in [2.05, 4.69) is 42.4 Å². The maximum absolute atomic E-state index is 4.61. The van der Waals surface area contributed by atoms with Crippen LogP contribution in [0.1, 0.15) is 25.0 Å². The molecular formula is C15H22N2. The third-order valence-electron chi connectivity index (χ3n) is 2.24. The van der Waals surface area contributed by atoms with Crippen molar-refractivity contribution in [2.24, 2.45) is 5.73 Å². The van der Waals surface area contributed by atoms with Gasteiger partial charge in [-0.2, -0.15) is 0 Å². The normalized spacial score (nSPS) is 9.94. The Labute approximate surface area is 105 Å². The minimum absolute atomic E-state index is 1.09. The third kappa shape index (κ3) is 4.60. The Kier molecular flexibility index (Phi) is 7.27. The number of hydrogen-bond acceptors (Lipinski definition) is 2. The summed E-state index contributed by atoms with van der Waals surface area (Å²) in [6.45, 7) is 11.2. The maximum Gasteiger partial charge on any atom is 0.0374 e. The highest BCUT2D eigenvalue weighted by Crippen LogP contribution is 2.22.